The van der Waals surface area contributed by atoms with E-state index < -0.39 is 5.54 Å². The lowest BCUT2D eigenvalue weighted by Crippen LogP contribution is -2.49. The maximum Gasteiger partial charge on any atom is 0.325 e. The number of methoxy groups -OCH3 is 1. The van der Waals surface area contributed by atoms with Gasteiger partial charge in [-0.3, -0.25) is 9.69 Å². The molecule has 0 heterocycles. The first-order valence-corrected chi connectivity index (χ1v) is 5.78. The summed E-state index contributed by atoms with van der Waals surface area (Å²) in [5, 5.41) is 0. The molecule has 1 rings (SSSR count). The summed E-state index contributed by atoms with van der Waals surface area (Å²) in [6, 6.07) is 0. The van der Waals surface area contributed by atoms with Gasteiger partial charge in [0.2, 0.25) is 0 Å². The Morgan fingerprint density at radius 1 is 1.47 bits per heavy atom. The van der Waals surface area contributed by atoms with E-state index in [9.17, 15) is 4.79 Å². The van der Waals surface area contributed by atoms with Gasteiger partial charge in [-0.2, -0.15) is 0 Å². The van der Waals surface area contributed by atoms with Crippen molar-refractivity contribution in [1.29, 1.82) is 0 Å². The monoisotopic (exact) mass is 213 g/mol. The number of likely N-dealkylation sites (N-methyl/N-ethyl adjacent to an activating group) is 1. The van der Waals surface area contributed by atoms with Crippen molar-refractivity contribution in [3.63, 3.8) is 0 Å². The van der Waals surface area contributed by atoms with Gasteiger partial charge in [-0.1, -0.05) is 19.3 Å². The summed E-state index contributed by atoms with van der Waals surface area (Å²) in [5.74, 6) is 0.736. The number of nitrogens with zero attached hydrogens (tertiary/aromatic N) is 1. The molecule has 0 spiro atoms. The van der Waals surface area contributed by atoms with Gasteiger partial charge in [0.1, 0.15) is 5.54 Å². The first-order chi connectivity index (χ1) is 6.98. The Labute approximate surface area is 92.8 Å². The number of rotatable bonds is 5. The SMILES string of the molecule is COC(=O)C(C)(C)N(C)CCC1CCC1. The molecule has 0 N–H and O–H groups in total. The van der Waals surface area contributed by atoms with Crippen LogP contribution >= 0.6 is 0 Å². The minimum absolute atomic E-state index is 0.154. The minimum Gasteiger partial charge on any atom is -0.468 e. The van der Waals surface area contributed by atoms with E-state index in [1.165, 1.54) is 32.8 Å². The lowest BCUT2D eigenvalue weighted by atomic mass is 9.82. The number of esters is 1. The highest BCUT2D eigenvalue weighted by atomic mass is 16.5. The highest BCUT2D eigenvalue weighted by Gasteiger charge is 2.33. The summed E-state index contributed by atoms with van der Waals surface area (Å²) in [6.45, 7) is 4.81. The van der Waals surface area contributed by atoms with Crippen molar-refractivity contribution in [1.82, 2.24) is 4.90 Å². The van der Waals surface area contributed by atoms with Gasteiger partial charge < -0.3 is 4.74 Å². The van der Waals surface area contributed by atoms with Crippen LogP contribution in [0.4, 0.5) is 0 Å². The standard InChI is InChI=1S/C12H23NO2/c1-12(2,11(14)15-4)13(3)9-8-10-6-5-7-10/h10H,5-9H2,1-4H3. The molecule has 15 heavy (non-hydrogen) atoms. The Hall–Kier alpha value is -0.570. The van der Waals surface area contributed by atoms with Crippen molar-refractivity contribution < 1.29 is 9.53 Å². The number of ether oxygens (including phenoxy) is 1. The molecular formula is C12H23NO2. The zero-order valence-electron chi connectivity index (χ0n) is 10.4. The average Bonchev–Trinajstić information content (AvgIpc) is 2.13. The lowest BCUT2D eigenvalue weighted by molar-refractivity contribution is -0.152. The molecule has 3 nitrogen and oxygen atoms in total. The van der Waals surface area contributed by atoms with Crippen LogP contribution in [-0.2, 0) is 9.53 Å². The topological polar surface area (TPSA) is 29.5 Å². The van der Waals surface area contributed by atoms with Crippen LogP contribution in [0, 0.1) is 5.92 Å². The number of hydrogen-bond acceptors (Lipinski definition) is 3. The Balaban J connectivity index is 2.36. The number of carbonyl (C=O) groups is 1. The molecule has 1 saturated carbocycles. The molecule has 0 radical (unpaired) electrons. The van der Waals surface area contributed by atoms with Crippen LogP contribution in [0.15, 0.2) is 0 Å². The molecule has 1 aliphatic rings. The van der Waals surface area contributed by atoms with Crippen molar-refractivity contribution in [3.05, 3.63) is 0 Å². The fourth-order valence-electron chi connectivity index (χ4n) is 1.84. The van der Waals surface area contributed by atoms with Crippen LogP contribution in [0.25, 0.3) is 0 Å². The first-order valence-electron chi connectivity index (χ1n) is 5.78. The molecule has 0 amide bonds. The van der Waals surface area contributed by atoms with Gasteiger partial charge in [0.25, 0.3) is 0 Å². The second kappa shape index (κ2) is 4.97. The highest BCUT2D eigenvalue weighted by Crippen LogP contribution is 2.30. The van der Waals surface area contributed by atoms with Gasteiger partial charge in [-0.15, -0.1) is 0 Å². The van der Waals surface area contributed by atoms with Crippen molar-refractivity contribution in [2.24, 2.45) is 5.92 Å². The third-order valence-electron chi connectivity index (χ3n) is 3.74. The first kappa shape index (κ1) is 12.5. The molecule has 0 aromatic heterocycles. The predicted molar refractivity (Wildman–Crippen MR) is 60.7 cm³/mol. The molecule has 3 heteroatoms. The maximum absolute atomic E-state index is 11.5. The van der Waals surface area contributed by atoms with Crippen molar-refractivity contribution >= 4 is 5.97 Å². The fourth-order valence-corrected chi connectivity index (χ4v) is 1.84. The van der Waals surface area contributed by atoms with E-state index in [0.29, 0.717) is 0 Å². The number of hydrogen-bond donors (Lipinski definition) is 0. The third kappa shape index (κ3) is 2.94. The third-order valence-corrected chi connectivity index (χ3v) is 3.74. The molecule has 0 aliphatic heterocycles. The van der Waals surface area contributed by atoms with Gasteiger partial charge in [0.05, 0.1) is 7.11 Å². The Morgan fingerprint density at radius 3 is 2.47 bits per heavy atom. The zero-order chi connectivity index (χ0) is 11.5. The van der Waals surface area contributed by atoms with Crippen LogP contribution < -0.4 is 0 Å². The van der Waals surface area contributed by atoms with E-state index >= 15 is 0 Å². The van der Waals surface area contributed by atoms with E-state index in [0.717, 1.165) is 12.5 Å². The zero-order valence-corrected chi connectivity index (χ0v) is 10.4. The average molecular weight is 213 g/mol. The van der Waals surface area contributed by atoms with Crippen molar-refractivity contribution in [2.75, 3.05) is 20.7 Å². The summed E-state index contributed by atoms with van der Waals surface area (Å²) >= 11 is 0. The van der Waals surface area contributed by atoms with Gasteiger partial charge in [0.15, 0.2) is 0 Å². The largest absolute Gasteiger partial charge is 0.468 e. The van der Waals surface area contributed by atoms with Gasteiger partial charge in [-0.05, 0) is 39.8 Å². The van der Waals surface area contributed by atoms with Crippen molar-refractivity contribution in [2.45, 2.75) is 45.1 Å². The van der Waals surface area contributed by atoms with Gasteiger partial charge >= 0.3 is 5.97 Å². The second-order valence-corrected chi connectivity index (χ2v) is 5.06. The summed E-state index contributed by atoms with van der Waals surface area (Å²) in [7, 11) is 3.44. The second-order valence-electron chi connectivity index (χ2n) is 5.06. The van der Waals surface area contributed by atoms with Gasteiger partial charge in [-0.25, -0.2) is 0 Å². The predicted octanol–water partition coefficient (Wildman–Crippen LogP) is 2.06. The normalized spacial score (nSPS) is 17.7. The summed E-state index contributed by atoms with van der Waals surface area (Å²) in [6.07, 6.45) is 5.32. The Kier molecular flexibility index (Phi) is 4.14. The quantitative estimate of drug-likeness (QED) is 0.655. The maximum atomic E-state index is 11.5. The minimum atomic E-state index is -0.501. The molecule has 1 fully saturated rings. The number of carbonyl (C=O) groups excluding carboxylic acids is 1. The highest BCUT2D eigenvalue weighted by molar-refractivity contribution is 5.79. The lowest BCUT2D eigenvalue weighted by Gasteiger charge is -2.35. The molecule has 0 unspecified atom stereocenters. The van der Waals surface area contributed by atoms with Crippen LogP contribution in [0.5, 0.6) is 0 Å². The molecule has 1 aliphatic carbocycles. The van der Waals surface area contributed by atoms with E-state index in [1.807, 2.05) is 20.9 Å². The van der Waals surface area contributed by atoms with Gasteiger partial charge in [0, 0.05) is 0 Å². The molecule has 0 bridgehead atoms. The summed E-state index contributed by atoms with van der Waals surface area (Å²) in [4.78, 5) is 13.6. The summed E-state index contributed by atoms with van der Waals surface area (Å²) < 4.78 is 4.80. The molecular weight excluding hydrogens is 190 g/mol. The molecule has 0 aromatic rings. The molecule has 0 saturated heterocycles. The van der Waals surface area contributed by atoms with E-state index in [-0.39, 0.29) is 5.97 Å². The van der Waals surface area contributed by atoms with Crippen LogP contribution in [0.1, 0.15) is 39.5 Å². The van der Waals surface area contributed by atoms with Crippen LogP contribution in [0.3, 0.4) is 0 Å². The molecule has 88 valence electrons. The fraction of sp³-hybridized carbons (Fsp3) is 0.917. The van der Waals surface area contributed by atoms with Crippen molar-refractivity contribution in [3.8, 4) is 0 Å². The Bertz CT molecular complexity index is 222. The Morgan fingerprint density at radius 2 is 2.07 bits per heavy atom. The van der Waals surface area contributed by atoms with Crippen LogP contribution in [0.2, 0.25) is 0 Å². The molecule has 0 atom stereocenters. The van der Waals surface area contributed by atoms with E-state index in [4.69, 9.17) is 4.74 Å². The molecule has 0 aromatic carbocycles. The summed E-state index contributed by atoms with van der Waals surface area (Å²) in [5.41, 5.74) is -0.501. The van der Waals surface area contributed by atoms with E-state index in [2.05, 4.69) is 4.90 Å². The van der Waals surface area contributed by atoms with Crippen LogP contribution in [-0.4, -0.2) is 37.1 Å². The van der Waals surface area contributed by atoms with E-state index in [1.54, 1.807) is 0 Å². The smallest absolute Gasteiger partial charge is 0.325 e.